The fraction of sp³-hybridized carbons (Fsp3) is 0.318. The number of aromatic nitrogens is 2. The molecule has 3 aromatic rings. The monoisotopic (exact) mass is 419 g/mol. The van der Waals surface area contributed by atoms with Gasteiger partial charge in [0.05, 0.1) is 30.9 Å². The lowest BCUT2D eigenvalue weighted by molar-refractivity contribution is 0.101. The minimum atomic E-state index is 0. The van der Waals surface area contributed by atoms with Gasteiger partial charge < -0.3 is 14.6 Å². The lowest BCUT2D eigenvalue weighted by Crippen LogP contribution is -2.30. The molecule has 1 N–H and O–H groups in total. The number of nitrogens with one attached hydrogen (secondary N) is 1. The Morgan fingerprint density at radius 2 is 1.54 bits per heavy atom. The van der Waals surface area contributed by atoms with Crippen LogP contribution in [-0.2, 0) is 18.0 Å². The van der Waals surface area contributed by atoms with E-state index in [1.54, 1.807) is 0 Å². The molecule has 0 saturated carbocycles. The lowest BCUT2D eigenvalue weighted by Gasteiger charge is -2.26. The Balaban J connectivity index is 0.00000140. The van der Waals surface area contributed by atoms with E-state index < -0.39 is 0 Å². The van der Waals surface area contributed by atoms with Crippen molar-refractivity contribution in [1.29, 1.82) is 0 Å². The smallest absolute Gasteiger partial charge is 0.0959 e. The summed E-state index contributed by atoms with van der Waals surface area (Å²) in [5, 5.41) is 3.44. The summed E-state index contributed by atoms with van der Waals surface area (Å²) in [5.41, 5.74) is 4.57. The van der Waals surface area contributed by atoms with E-state index in [0.717, 1.165) is 37.2 Å². The highest BCUT2D eigenvalue weighted by Crippen LogP contribution is 2.28. The van der Waals surface area contributed by atoms with Crippen LogP contribution in [0.3, 0.4) is 0 Å². The molecule has 1 aliphatic heterocycles. The van der Waals surface area contributed by atoms with Gasteiger partial charge in [-0.25, -0.2) is 4.98 Å². The zero-order valence-electron chi connectivity index (χ0n) is 15.8. The lowest BCUT2D eigenvalue weighted by atomic mass is 10.1. The highest BCUT2D eigenvalue weighted by atomic mass is 35.5. The van der Waals surface area contributed by atoms with Crippen LogP contribution >= 0.6 is 24.8 Å². The van der Waals surface area contributed by atoms with Gasteiger partial charge in [0.15, 0.2) is 0 Å². The largest absolute Gasteiger partial charge is 0.370 e. The van der Waals surface area contributed by atoms with Crippen LogP contribution in [0.15, 0.2) is 67.0 Å². The molecular weight excluding hydrogens is 393 g/mol. The number of nitrogens with zero attached hydrogens (tertiary/aromatic N) is 2. The van der Waals surface area contributed by atoms with E-state index in [1.165, 1.54) is 11.3 Å². The zero-order valence-corrected chi connectivity index (χ0v) is 17.4. The second kappa shape index (κ2) is 11.2. The van der Waals surface area contributed by atoms with E-state index in [0.29, 0.717) is 19.3 Å². The van der Waals surface area contributed by atoms with Gasteiger partial charge in [-0.2, -0.15) is 0 Å². The van der Waals surface area contributed by atoms with Crippen LogP contribution < -0.4 is 5.32 Å². The van der Waals surface area contributed by atoms with Gasteiger partial charge >= 0.3 is 0 Å². The minimum Gasteiger partial charge on any atom is -0.370 e. The molecule has 0 atom stereocenters. The van der Waals surface area contributed by atoms with Gasteiger partial charge in [-0.15, -0.1) is 24.8 Å². The van der Waals surface area contributed by atoms with Crippen molar-refractivity contribution in [3.05, 3.63) is 78.2 Å². The average Bonchev–Trinajstić information content (AvgIpc) is 3.14. The molecule has 0 aliphatic carbocycles. The SMILES string of the molecule is Cl.Cl.c1ccc(COCc2c(-c3ccccc3)ncn2C2CCNCC2)cc1. The van der Waals surface area contributed by atoms with Gasteiger partial charge in [0.2, 0.25) is 0 Å². The number of halogens is 2. The third-order valence-corrected chi connectivity index (χ3v) is 5.00. The van der Waals surface area contributed by atoms with Crippen molar-refractivity contribution in [3.8, 4) is 11.3 Å². The number of ether oxygens (including phenoxy) is 1. The van der Waals surface area contributed by atoms with Gasteiger partial charge in [-0.3, -0.25) is 0 Å². The molecule has 1 aromatic heterocycles. The van der Waals surface area contributed by atoms with Crippen molar-refractivity contribution >= 4 is 24.8 Å². The summed E-state index contributed by atoms with van der Waals surface area (Å²) in [7, 11) is 0. The van der Waals surface area contributed by atoms with E-state index in [9.17, 15) is 0 Å². The molecule has 0 amide bonds. The Morgan fingerprint density at radius 3 is 2.21 bits per heavy atom. The van der Waals surface area contributed by atoms with Gasteiger partial charge in [-0.1, -0.05) is 60.7 Å². The maximum atomic E-state index is 6.08. The number of hydrogen-bond donors (Lipinski definition) is 1. The van der Waals surface area contributed by atoms with Crippen molar-refractivity contribution in [2.45, 2.75) is 32.1 Å². The van der Waals surface area contributed by atoms with Gasteiger partial charge in [0.1, 0.15) is 0 Å². The summed E-state index contributed by atoms with van der Waals surface area (Å²) in [6.07, 6.45) is 4.27. The molecule has 150 valence electrons. The van der Waals surface area contributed by atoms with Crippen LogP contribution in [0, 0.1) is 0 Å². The highest BCUT2D eigenvalue weighted by molar-refractivity contribution is 5.85. The maximum absolute atomic E-state index is 6.08. The predicted molar refractivity (Wildman–Crippen MR) is 118 cm³/mol. The molecule has 0 unspecified atom stereocenters. The summed E-state index contributed by atoms with van der Waals surface area (Å²) in [6.45, 7) is 3.32. The maximum Gasteiger partial charge on any atom is 0.0959 e. The first-order chi connectivity index (χ1) is 12.9. The molecule has 1 aliphatic rings. The number of hydrogen-bond acceptors (Lipinski definition) is 3. The van der Waals surface area contributed by atoms with Gasteiger partial charge in [0.25, 0.3) is 0 Å². The van der Waals surface area contributed by atoms with Crippen molar-refractivity contribution in [2.24, 2.45) is 0 Å². The standard InChI is InChI=1S/C22H25N3O.2ClH/c1-3-7-18(8-4-1)15-26-16-21-22(19-9-5-2-6-10-19)24-17-25(21)20-11-13-23-14-12-20;;/h1-10,17,20,23H,11-16H2;2*1H. The summed E-state index contributed by atoms with van der Waals surface area (Å²) in [5.74, 6) is 0. The van der Waals surface area contributed by atoms with E-state index in [-0.39, 0.29) is 24.8 Å². The van der Waals surface area contributed by atoms with E-state index in [4.69, 9.17) is 9.72 Å². The molecule has 0 spiro atoms. The first-order valence-corrected chi connectivity index (χ1v) is 9.35. The Bertz CT molecular complexity index is 818. The first-order valence-electron chi connectivity index (χ1n) is 9.35. The summed E-state index contributed by atoms with van der Waals surface area (Å²) >= 11 is 0. The quantitative estimate of drug-likeness (QED) is 0.608. The Morgan fingerprint density at radius 1 is 0.893 bits per heavy atom. The van der Waals surface area contributed by atoms with Crippen LogP contribution in [0.4, 0.5) is 0 Å². The Labute approximate surface area is 179 Å². The second-order valence-electron chi connectivity index (χ2n) is 6.77. The summed E-state index contributed by atoms with van der Waals surface area (Å²) < 4.78 is 8.42. The number of imidazole rings is 1. The Hall–Kier alpha value is -1.85. The van der Waals surface area contributed by atoms with Crippen LogP contribution in [0.25, 0.3) is 11.3 Å². The molecule has 2 heterocycles. The van der Waals surface area contributed by atoms with E-state index in [2.05, 4.69) is 46.3 Å². The van der Waals surface area contributed by atoms with Crippen molar-refractivity contribution < 1.29 is 4.74 Å². The third kappa shape index (κ3) is 5.36. The predicted octanol–water partition coefficient (Wildman–Crippen LogP) is 5.04. The van der Waals surface area contributed by atoms with Crippen LogP contribution in [0.1, 0.15) is 30.1 Å². The topological polar surface area (TPSA) is 39.1 Å². The molecule has 28 heavy (non-hydrogen) atoms. The number of rotatable bonds is 6. The van der Waals surface area contributed by atoms with Gasteiger partial charge in [-0.05, 0) is 31.5 Å². The molecule has 6 heteroatoms. The molecule has 4 rings (SSSR count). The van der Waals surface area contributed by atoms with E-state index in [1.807, 2.05) is 30.6 Å². The molecule has 1 fully saturated rings. The van der Waals surface area contributed by atoms with Crippen LogP contribution in [-0.4, -0.2) is 22.6 Å². The summed E-state index contributed by atoms with van der Waals surface area (Å²) in [6, 6.07) is 21.2. The third-order valence-electron chi connectivity index (χ3n) is 5.00. The molecule has 1 saturated heterocycles. The molecular formula is C22H27Cl2N3O. The molecule has 2 aromatic carbocycles. The molecule has 4 nitrogen and oxygen atoms in total. The average molecular weight is 420 g/mol. The fourth-order valence-corrected chi connectivity index (χ4v) is 3.61. The van der Waals surface area contributed by atoms with Crippen LogP contribution in [0.5, 0.6) is 0 Å². The first kappa shape index (κ1) is 22.4. The second-order valence-corrected chi connectivity index (χ2v) is 6.77. The van der Waals surface area contributed by atoms with E-state index >= 15 is 0 Å². The normalized spacial score (nSPS) is 14.1. The summed E-state index contributed by atoms with van der Waals surface area (Å²) in [4.78, 5) is 4.75. The number of benzene rings is 2. The van der Waals surface area contributed by atoms with Crippen molar-refractivity contribution in [1.82, 2.24) is 14.9 Å². The molecule has 0 radical (unpaired) electrons. The Kier molecular flexibility index (Phi) is 9.00. The number of piperidine rings is 1. The highest BCUT2D eigenvalue weighted by Gasteiger charge is 2.21. The fourth-order valence-electron chi connectivity index (χ4n) is 3.61. The van der Waals surface area contributed by atoms with Crippen molar-refractivity contribution in [3.63, 3.8) is 0 Å². The van der Waals surface area contributed by atoms with Crippen LogP contribution in [0.2, 0.25) is 0 Å². The van der Waals surface area contributed by atoms with Gasteiger partial charge in [0, 0.05) is 11.6 Å². The molecule has 0 bridgehead atoms. The minimum absolute atomic E-state index is 0. The van der Waals surface area contributed by atoms with Crippen molar-refractivity contribution in [2.75, 3.05) is 13.1 Å². The zero-order chi connectivity index (χ0) is 17.6.